The lowest BCUT2D eigenvalue weighted by atomic mass is 9.97. The van der Waals surface area contributed by atoms with Gasteiger partial charge in [-0.2, -0.15) is 0 Å². The van der Waals surface area contributed by atoms with Crippen molar-refractivity contribution < 1.29 is 64.6 Å². The molecule has 2 fully saturated rings. The predicted molar refractivity (Wildman–Crippen MR) is 355 cm³/mol. The molecular formula is C73H135NO13. The summed E-state index contributed by atoms with van der Waals surface area (Å²) in [5, 5.41) is 87.5. The van der Waals surface area contributed by atoms with Gasteiger partial charge in [-0.05, 0) is 70.6 Å². The van der Waals surface area contributed by atoms with Gasteiger partial charge in [0.25, 0.3) is 0 Å². The van der Waals surface area contributed by atoms with Crippen molar-refractivity contribution in [3.8, 4) is 0 Å². The van der Waals surface area contributed by atoms with Crippen molar-refractivity contribution in [1.29, 1.82) is 0 Å². The van der Waals surface area contributed by atoms with Gasteiger partial charge in [0.15, 0.2) is 12.6 Å². The molecule has 12 unspecified atom stereocenters. The van der Waals surface area contributed by atoms with Gasteiger partial charge in [0.1, 0.15) is 48.8 Å². The van der Waals surface area contributed by atoms with Crippen LogP contribution in [0.5, 0.6) is 0 Å². The van der Waals surface area contributed by atoms with Crippen molar-refractivity contribution in [3.05, 3.63) is 48.6 Å². The minimum atomic E-state index is -1.79. The Morgan fingerprint density at radius 2 is 0.736 bits per heavy atom. The number of carbonyl (C=O) groups is 1. The molecular weight excluding hydrogens is 1100 g/mol. The molecule has 0 aliphatic carbocycles. The van der Waals surface area contributed by atoms with Gasteiger partial charge in [-0.15, -0.1) is 0 Å². The molecule has 14 nitrogen and oxygen atoms in total. The zero-order valence-corrected chi connectivity index (χ0v) is 55.5. The fraction of sp³-hybridized carbons (Fsp3) is 0.877. The van der Waals surface area contributed by atoms with E-state index in [0.29, 0.717) is 12.8 Å². The van der Waals surface area contributed by atoms with Gasteiger partial charge in [0.2, 0.25) is 5.91 Å². The van der Waals surface area contributed by atoms with Crippen LogP contribution in [0.15, 0.2) is 48.6 Å². The first-order valence-electron chi connectivity index (χ1n) is 36.4. The average Bonchev–Trinajstić information content (AvgIpc) is 2.50. The normalized spacial score (nSPS) is 23.5. The van der Waals surface area contributed by atoms with Crippen molar-refractivity contribution in [2.75, 3.05) is 19.8 Å². The molecule has 2 rings (SSSR count). The predicted octanol–water partition coefficient (Wildman–Crippen LogP) is 15.1. The first-order valence-corrected chi connectivity index (χ1v) is 36.4. The van der Waals surface area contributed by atoms with Crippen molar-refractivity contribution >= 4 is 5.91 Å². The van der Waals surface area contributed by atoms with E-state index in [9.17, 15) is 45.6 Å². The van der Waals surface area contributed by atoms with E-state index in [2.05, 4.69) is 55.6 Å². The standard InChI is InChI=1S/C73H135NO13/c1-3-5-7-9-11-13-15-17-19-21-23-25-27-29-30-31-33-34-36-38-40-42-44-46-48-50-52-54-56-62(77)61(60-84-72-70(83)68(81)71(64(59-76)86-72)87-73-69(82)67(80)66(79)63(58-75)85-73)74-65(78)57-55-53-51-49-47-45-43-41-39-37-35-32-28-26-24-22-20-18-16-14-12-10-8-6-4-2/h22,24,38,40,46,48,54,56,61-64,66-73,75-77,79-83H,3-21,23,25-37,39,41-45,47,49-53,55,57-60H2,1-2H3,(H,74,78)/b24-22-,40-38+,48-46+,56-54+. The zero-order chi connectivity index (χ0) is 63.1. The topological polar surface area (TPSA) is 228 Å². The minimum absolute atomic E-state index is 0.250. The summed E-state index contributed by atoms with van der Waals surface area (Å²) in [6.07, 6.45) is 58.9. The second-order valence-corrected chi connectivity index (χ2v) is 25.7. The summed E-state index contributed by atoms with van der Waals surface area (Å²) in [5.41, 5.74) is 0. The Morgan fingerprint density at radius 3 is 1.13 bits per heavy atom. The highest BCUT2D eigenvalue weighted by Crippen LogP contribution is 2.30. The molecule has 0 aromatic rings. The summed E-state index contributed by atoms with van der Waals surface area (Å²) in [5.74, 6) is -0.250. The van der Waals surface area contributed by atoms with Gasteiger partial charge in [-0.1, -0.05) is 287 Å². The third-order valence-electron chi connectivity index (χ3n) is 17.7. The second kappa shape index (κ2) is 57.8. The maximum absolute atomic E-state index is 13.3. The molecule has 9 N–H and O–H groups in total. The van der Waals surface area contributed by atoms with Gasteiger partial charge >= 0.3 is 0 Å². The van der Waals surface area contributed by atoms with Gasteiger partial charge in [-0.3, -0.25) is 4.79 Å². The molecule has 87 heavy (non-hydrogen) atoms. The maximum Gasteiger partial charge on any atom is 0.220 e. The molecule has 2 aliphatic heterocycles. The zero-order valence-electron chi connectivity index (χ0n) is 55.5. The van der Waals surface area contributed by atoms with Gasteiger partial charge in [0, 0.05) is 6.42 Å². The van der Waals surface area contributed by atoms with E-state index in [1.165, 1.54) is 238 Å². The van der Waals surface area contributed by atoms with Crippen molar-refractivity contribution in [2.24, 2.45) is 0 Å². The van der Waals surface area contributed by atoms with Crippen LogP contribution in [0.3, 0.4) is 0 Å². The highest BCUT2D eigenvalue weighted by atomic mass is 16.7. The van der Waals surface area contributed by atoms with Crippen molar-refractivity contribution in [3.63, 3.8) is 0 Å². The Bertz CT molecular complexity index is 1640. The van der Waals surface area contributed by atoms with Crippen LogP contribution in [0.4, 0.5) is 0 Å². The lowest BCUT2D eigenvalue weighted by molar-refractivity contribution is -0.359. The van der Waals surface area contributed by atoms with Crippen LogP contribution in [0, 0.1) is 0 Å². The molecule has 510 valence electrons. The highest BCUT2D eigenvalue weighted by molar-refractivity contribution is 5.76. The summed E-state index contributed by atoms with van der Waals surface area (Å²) >= 11 is 0. The first kappa shape index (κ1) is 81.0. The number of hydrogen-bond donors (Lipinski definition) is 9. The quantitative estimate of drug-likeness (QED) is 0.0204. The number of aliphatic hydroxyl groups excluding tert-OH is 8. The summed E-state index contributed by atoms with van der Waals surface area (Å²) in [6, 6.07) is -0.940. The van der Waals surface area contributed by atoms with Crippen LogP contribution in [-0.4, -0.2) is 140 Å². The maximum atomic E-state index is 13.3. The number of allylic oxidation sites excluding steroid dienone is 7. The number of unbranched alkanes of at least 4 members (excludes halogenated alkanes) is 41. The van der Waals surface area contributed by atoms with Gasteiger partial charge in [-0.25, -0.2) is 0 Å². The number of aliphatic hydroxyl groups is 8. The number of ether oxygens (including phenoxy) is 4. The Balaban J connectivity index is 1.70. The van der Waals surface area contributed by atoms with E-state index in [0.717, 1.165) is 44.9 Å². The molecule has 12 atom stereocenters. The molecule has 0 radical (unpaired) electrons. The van der Waals surface area contributed by atoms with E-state index in [1.807, 2.05) is 6.08 Å². The number of hydrogen-bond acceptors (Lipinski definition) is 13. The molecule has 2 aliphatic rings. The Kier molecular flexibility index (Phi) is 53.9. The molecule has 2 heterocycles. The molecule has 2 saturated heterocycles. The van der Waals surface area contributed by atoms with E-state index >= 15 is 0 Å². The SMILES string of the molecule is CCCCCCCCCC/C=C\CCCCCCCCCCCCCCCC(=O)NC(COC1OC(CO)C(OC2OC(CO)C(O)C(O)C2O)C(O)C1O)C(O)/C=C/CC/C=C/CC/C=C/CCCCCCCCCCCCCCCCCCCC. The monoisotopic (exact) mass is 1230 g/mol. The summed E-state index contributed by atoms with van der Waals surface area (Å²) in [6.45, 7) is 2.82. The van der Waals surface area contributed by atoms with Crippen molar-refractivity contribution in [1.82, 2.24) is 5.32 Å². The van der Waals surface area contributed by atoms with Crippen LogP contribution >= 0.6 is 0 Å². The second-order valence-electron chi connectivity index (χ2n) is 25.7. The van der Waals surface area contributed by atoms with E-state index < -0.39 is 86.8 Å². The third-order valence-corrected chi connectivity index (χ3v) is 17.7. The van der Waals surface area contributed by atoms with Gasteiger partial charge in [0.05, 0.1) is 32.0 Å². The fourth-order valence-corrected chi connectivity index (χ4v) is 11.9. The molecule has 0 aromatic heterocycles. The Morgan fingerprint density at radius 1 is 0.402 bits per heavy atom. The smallest absolute Gasteiger partial charge is 0.220 e. The summed E-state index contributed by atoms with van der Waals surface area (Å²) in [4.78, 5) is 13.3. The molecule has 0 spiro atoms. The van der Waals surface area contributed by atoms with E-state index in [4.69, 9.17) is 18.9 Å². The number of rotatable bonds is 60. The Labute approximate surface area is 531 Å². The fourth-order valence-electron chi connectivity index (χ4n) is 11.9. The van der Waals surface area contributed by atoms with Crippen LogP contribution < -0.4 is 5.32 Å². The summed E-state index contributed by atoms with van der Waals surface area (Å²) in [7, 11) is 0. The lowest BCUT2D eigenvalue weighted by Crippen LogP contribution is -2.65. The molecule has 1 amide bonds. The number of nitrogens with one attached hydrogen (secondary N) is 1. The summed E-state index contributed by atoms with van der Waals surface area (Å²) < 4.78 is 22.8. The highest BCUT2D eigenvalue weighted by Gasteiger charge is 2.51. The van der Waals surface area contributed by atoms with Crippen LogP contribution in [0.25, 0.3) is 0 Å². The van der Waals surface area contributed by atoms with E-state index in [-0.39, 0.29) is 18.9 Å². The average molecular weight is 1230 g/mol. The molecule has 14 heteroatoms. The molecule has 0 saturated carbocycles. The van der Waals surface area contributed by atoms with Crippen LogP contribution in [0.1, 0.15) is 316 Å². The largest absolute Gasteiger partial charge is 0.394 e. The number of amides is 1. The minimum Gasteiger partial charge on any atom is -0.394 e. The van der Waals surface area contributed by atoms with E-state index in [1.54, 1.807) is 6.08 Å². The van der Waals surface area contributed by atoms with Crippen LogP contribution in [-0.2, 0) is 23.7 Å². The van der Waals surface area contributed by atoms with Crippen LogP contribution in [0.2, 0.25) is 0 Å². The number of carbonyl (C=O) groups excluding carboxylic acids is 1. The molecule has 0 aromatic carbocycles. The van der Waals surface area contributed by atoms with Gasteiger partial charge < -0.3 is 65.1 Å². The molecule has 0 bridgehead atoms. The first-order chi connectivity index (χ1) is 42.6. The third kappa shape index (κ3) is 41.9. The van der Waals surface area contributed by atoms with Crippen molar-refractivity contribution in [2.45, 2.75) is 389 Å². The Hall–Kier alpha value is -2.05. The lowest BCUT2D eigenvalue weighted by Gasteiger charge is -2.46.